The Morgan fingerprint density at radius 2 is 1.93 bits per heavy atom. The molecule has 2 aliphatic rings. The second kappa shape index (κ2) is 7.26. The molecule has 2 aliphatic heterocycles. The van der Waals surface area contributed by atoms with Gasteiger partial charge in [0.15, 0.2) is 5.60 Å². The lowest BCUT2D eigenvalue weighted by molar-refractivity contribution is -0.132. The first-order valence-electron chi connectivity index (χ1n) is 9.80. The number of carbonyl (C=O) groups excluding carboxylic acids is 2. The lowest BCUT2D eigenvalue weighted by atomic mass is 10.0. The summed E-state index contributed by atoms with van der Waals surface area (Å²) in [5, 5.41) is 0. The van der Waals surface area contributed by atoms with E-state index in [1.165, 1.54) is 6.42 Å². The van der Waals surface area contributed by atoms with Gasteiger partial charge in [-0.1, -0.05) is 6.07 Å². The van der Waals surface area contributed by atoms with Crippen LogP contribution in [0.25, 0.3) is 0 Å². The minimum absolute atomic E-state index is 0.0116. The molecule has 3 heterocycles. The number of carbonyl (C=O) groups is 2. The maximum absolute atomic E-state index is 13.1. The molecule has 2 amide bonds. The van der Waals surface area contributed by atoms with Crippen molar-refractivity contribution >= 4 is 17.5 Å². The van der Waals surface area contributed by atoms with Crippen molar-refractivity contribution in [2.45, 2.75) is 45.3 Å². The van der Waals surface area contributed by atoms with Crippen molar-refractivity contribution in [2.24, 2.45) is 0 Å². The first-order chi connectivity index (χ1) is 13.5. The summed E-state index contributed by atoms with van der Waals surface area (Å²) in [6, 6.07) is 11.0. The van der Waals surface area contributed by atoms with Crippen LogP contribution in [0.1, 0.15) is 49.2 Å². The first kappa shape index (κ1) is 18.5. The number of benzene rings is 1. The van der Waals surface area contributed by atoms with Crippen molar-refractivity contribution in [1.29, 1.82) is 0 Å². The smallest absolute Gasteiger partial charge is 0.271 e. The molecule has 0 N–H and O–H groups in total. The fourth-order valence-corrected chi connectivity index (χ4v) is 3.79. The second-order valence-corrected chi connectivity index (χ2v) is 7.86. The molecule has 0 saturated carbocycles. The van der Waals surface area contributed by atoms with Crippen molar-refractivity contribution in [2.75, 3.05) is 18.0 Å². The molecule has 0 atom stereocenters. The molecule has 2 aromatic rings. The number of aromatic nitrogens is 1. The van der Waals surface area contributed by atoms with Crippen LogP contribution in [-0.2, 0) is 11.3 Å². The summed E-state index contributed by atoms with van der Waals surface area (Å²) in [4.78, 5) is 33.9. The van der Waals surface area contributed by atoms with Crippen LogP contribution in [0.15, 0.2) is 42.6 Å². The van der Waals surface area contributed by atoms with Crippen molar-refractivity contribution in [1.82, 2.24) is 9.88 Å². The third-order valence-corrected chi connectivity index (χ3v) is 5.31. The van der Waals surface area contributed by atoms with Crippen LogP contribution in [-0.4, -0.2) is 40.4 Å². The molecule has 6 heteroatoms. The first-order valence-corrected chi connectivity index (χ1v) is 9.80. The standard InChI is InChI=1S/C22H25N3O3/c1-22(2)21(27)25(15-17-8-4-5-11-23-17)18-14-16(9-10-19(18)28-22)20(26)24-12-6-3-7-13-24/h4-5,8-11,14H,3,6-7,12-13,15H2,1-2H3. The largest absolute Gasteiger partial charge is 0.476 e. The van der Waals surface area contributed by atoms with Gasteiger partial charge in [-0.25, -0.2) is 0 Å². The number of nitrogens with zero attached hydrogens (tertiary/aromatic N) is 3. The Kier molecular flexibility index (Phi) is 4.79. The summed E-state index contributed by atoms with van der Waals surface area (Å²) in [6.07, 6.45) is 4.96. The number of hydrogen-bond acceptors (Lipinski definition) is 4. The maximum atomic E-state index is 13.1. The van der Waals surface area contributed by atoms with Gasteiger partial charge in [-0.2, -0.15) is 0 Å². The Labute approximate surface area is 165 Å². The van der Waals surface area contributed by atoms with Gasteiger partial charge in [0.2, 0.25) is 0 Å². The van der Waals surface area contributed by atoms with E-state index < -0.39 is 5.60 Å². The Hall–Kier alpha value is -2.89. The maximum Gasteiger partial charge on any atom is 0.271 e. The van der Waals surface area contributed by atoms with Crippen molar-refractivity contribution in [3.8, 4) is 5.75 Å². The topological polar surface area (TPSA) is 62.7 Å². The van der Waals surface area contributed by atoms with Gasteiger partial charge in [0.25, 0.3) is 11.8 Å². The van der Waals surface area contributed by atoms with Crippen LogP contribution in [0, 0.1) is 0 Å². The third kappa shape index (κ3) is 3.46. The lowest BCUT2D eigenvalue weighted by Crippen LogP contribution is -2.52. The zero-order valence-corrected chi connectivity index (χ0v) is 16.4. The Balaban J connectivity index is 1.69. The molecule has 0 spiro atoms. The number of piperidine rings is 1. The quantitative estimate of drug-likeness (QED) is 0.820. The Morgan fingerprint density at radius 3 is 2.64 bits per heavy atom. The fourth-order valence-electron chi connectivity index (χ4n) is 3.79. The number of pyridine rings is 1. The highest BCUT2D eigenvalue weighted by Crippen LogP contribution is 2.39. The molecule has 1 saturated heterocycles. The van der Waals surface area contributed by atoms with E-state index in [0.717, 1.165) is 31.6 Å². The molecular formula is C22H25N3O3. The highest BCUT2D eigenvalue weighted by molar-refractivity contribution is 6.04. The summed E-state index contributed by atoms with van der Waals surface area (Å²) < 4.78 is 5.94. The van der Waals surface area contributed by atoms with Crippen LogP contribution in [0.3, 0.4) is 0 Å². The summed E-state index contributed by atoms with van der Waals surface area (Å²) in [7, 11) is 0. The number of fused-ring (bicyclic) bond motifs is 1. The molecule has 1 aromatic heterocycles. The average molecular weight is 379 g/mol. The van der Waals surface area contributed by atoms with Crippen molar-refractivity contribution in [3.05, 3.63) is 53.9 Å². The minimum atomic E-state index is -0.972. The van der Waals surface area contributed by atoms with E-state index in [-0.39, 0.29) is 11.8 Å². The molecule has 0 unspecified atom stereocenters. The van der Waals surface area contributed by atoms with Crippen LogP contribution in [0.5, 0.6) is 5.75 Å². The van der Waals surface area contributed by atoms with Gasteiger partial charge in [0.05, 0.1) is 17.9 Å². The van der Waals surface area contributed by atoms with Crippen molar-refractivity contribution in [3.63, 3.8) is 0 Å². The monoisotopic (exact) mass is 379 g/mol. The van der Waals surface area contributed by atoms with Gasteiger partial charge < -0.3 is 9.64 Å². The minimum Gasteiger partial charge on any atom is -0.476 e. The predicted molar refractivity (Wildman–Crippen MR) is 106 cm³/mol. The normalized spacial score (nSPS) is 18.4. The predicted octanol–water partition coefficient (Wildman–Crippen LogP) is 3.41. The van der Waals surface area contributed by atoms with E-state index in [2.05, 4.69) is 4.98 Å². The summed E-state index contributed by atoms with van der Waals surface area (Å²) in [6.45, 7) is 5.43. The number of ether oxygens (including phenoxy) is 1. The SMILES string of the molecule is CC1(C)Oc2ccc(C(=O)N3CCCCC3)cc2N(Cc2ccccn2)C1=O. The molecule has 1 fully saturated rings. The van der Waals surface area contributed by atoms with Gasteiger partial charge in [-0.3, -0.25) is 19.5 Å². The number of rotatable bonds is 3. The molecule has 146 valence electrons. The molecule has 1 aromatic carbocycles. The third-order valence-electron chi connectivity index (χ3n) is 5.31. The molecular weight excluding hydrogens is 354 g/mol. The zero-order valence-electron chi connectivity index (χ0n) is 16.4. The Morgan fingerprint density at radius 1 is 1.14 bits per heavy atom. The molecule has 6 nitrogen and oxygen atoms in total. The number of likely N-dealkylation sites (tertiary alicyclic amines) is 1. The molecule has 0 bridgehead atoms. The molecule has 0 radical (unpaired) electrons. The van der Waals surface area contributed by atoms with Gasteiger partial charge in [-0.05, 0) is 63.4 Å². The van der Waals surface area contributed by atoms with E-state index in [4.69, 9.17) is 4.74 Å². The molecule has 28 heavy (non-hydrogen) atoms. The van der Waals surface area contributed by atoms with Crippen LogP contribution in [0.4, 0.5) is 5.69 Å². The molecule has 0 aliphatic carbocycles. The van der Waals surface area contributed by atoms with E-state index in [1.54, 1.807) is 43.1 Å². The second-order valence-electron chi connectivity index (χ2n) is 7.86. The van der Waals surface area contributed by atoms with Crippen LogP contribution < -0.4 is 9.64 Å². The van der Waals surface area contributed by atoms with Crippen molar-refractivity contribution < 1.29 is 14.3 Å². The summed E-state index contributed by atoms with van der Waals surface area (Å²) in [5.74, 6) is 0.474. The summed E-state index contributed by atoms with van der Waals surface area (Å²) in [5.41, 5.74) is 1.02. The van der Waals surface area contributed by atoms with E-state index in [1.807, 2.05) is 23.1 Å². The van der Waals surface area contributed by atoms with Crippen LogP contribution in [0.2, 0.25) is 0 Å². The van der Waals surface area contributed by atoms with Gasteiger partial charge in [0, 0.05) is 24.8 Å². The van der Waals surface area contributed by atoms with E-state index in [9.17, 15) is 9.59 Å². The van der Waals surface area contributed by atoms with E-state index in [0.29, 0.717) is 23.5 Å². The molecule has 4 rings (SSSR count). The van der Waals surface area contributed by atoms with E-state index >= 15 is 0 Å². The fraction of sp³-hybridized carbons (Fsp3) is 0.409. The van der Waals surface area contributed by atoms with Gasteiger partial charge in [-0.15, -0.1) is 0 Å². The number of anilines is 1. The highest BCUT2D eigenvalue weighted by atomic mass is 16.5. The average Bonchev–Trinajstić information content (AvgIpc) is 2.72. The highest BCUT2D eigenvalue weighted by Gasteiger charge is 2.41. The summed E-state index contributed by atoms with van der Waals surface area (Å²) >= 11 is 0. The van der Waals surface area contributed by atoms with Crippen LogP contribution >= 0.6 is 0 Å². The van der Waals surface area contributed by atoms with Gasteiger partial charge >= 0.3 is 0 Å². The Bertz CT molecular complexity index is 889. The number of hydrogen-bond donors (Lipinski definition) is 0. The lowest BCUT2D eigenvalue weighted by Gasteiger charge is -2.39. The van der Waals surface area contributed by atoms with Gasteiger partial charge in [0.1, 0.15) is 5.75 Å². The number of amides is 2. The zero-order chi connectivity index (χ0) is 19.7.